The maximum Gasteiger partial charge on any atom is 0.119 e. The lowest BCUT2D eigenvalue weighted by molar-refractivity contribution is 0.0700. The lowest BCUT2D eigenvalue weighted by Crippen LogP contribution is -2.36. The van der Waals surface area contributed by atoms with E-state index in [1.54, 1.807) is 30.5 Å². The van der Waals surface area contributed by atoms with E-state index in [-0.39, 0.29) is 6.61 Å². The van der Waals surface area contributed by atoms with E-state index in [4.69, 9.17) is 10.00 Å². The predicted octanol–water partition coefficient (Wildman–Crippen LogP) is 1.39. The van der Waals surface area contributed by atoms with Crippen LogP contribution in [-0.4, -0.2) is 58.6 Å². The van der Waals surface area contributed by atoms with E-state index in [0.717, 1.165) is 19.5 Å². The first-order valence-electron chi connectivity index (χ1n) is 7.38. The van der Waals surface area contributed by atoms with Crippen LogP contribution in [-0.2, 0) is 10.8 Å². The number of benzene rings is 1. The molecule has 2 atom stereocenters. The fourth-order valence-corrected chi connectivity index (χ4v) is 2.57. The highest BCUT2D eigenvalue weighted by atomic mass is 32.2. The summed E-state index contributed by atoms with van der Waals surface area (Å²) in [6.45, 7) is 4.44. The van der Waals surface area contributed by atoms with Crippen molar-refractivity contribution in [2.45, 2.75) is 19.4 Å². The molecule has 0 aliphatic rings. The summed E-state index contributed by atoms with van der Waals surface area (Å²) in [6, 6.07) is 8.86. The molecule has 0 aromatic heterocycles. The van der Waals surface area contributed by atoms with Crippen LogP contribution in [0.2, 0.25) is 0 Å². The third kappa shape index (κ3) is 7.55. The molecule has 0 heterocycles. The zero-order valence-electron chi connectivity index (χ0n) is 13.2. The van der Waals surface area contributed by atoms with Crippen LogP contribution in [0.4, 0.5) is 0 Å². The number of rotatable bonds is 10. The number of ether oxygens (including phenoxy) is 1. The molecule has 0 amide bonds. The Labute approximate surface area is 135 Å². The summed E-state index contributed by atoms with van der Waals surface area (Å²) in [6.07, 6.45) is 1.99. The Hall–Kier alpha value is -1.42. The molecule has 0 radical (unpaired) electrons. The van der Waals surface area contributed by atoms with Gasteiger partial charge in [0, 0.05) is 29.4 Å². The van der Waals surface area contributed by atoms with Gasteiger partial charge >= 0.3 is 0 Å². The molecular formula is C16H24N2O3S. The largest absolute Gasteiger partial charge is 0.491 e. The van der Waals surface area contributed by atoms with Gasteiger partial charge in [-0.15, -0.1) is 0 Å². The van der Waals surface area contributed by atoms with Crippen molar-refractivity contribution in [2.24, 2.45) is 0 Å². The Morgan fingerprint density at radius 1 is 1.41 bits per heavy atom. The lowest BCUT2D eigenvalue weighted by Gasteiger charge is -2.23. The fraction of sp³-hybridized carbons (Fsp3) is 0.562. The van der Waals surface area contributed by atoms with E-state index < -0.39 is 16.9 Å². The van der Waals surface area contributed by atoms with Crippen LogP contribution in [0.1, 0.15) is 18.9 Å². The van der Waals surface area contributed by atoms with Crippen molar-refractivity contribution in [1.29, 1.82) is 5.26 Å². The predicted molar refractivity (Wildman–Crippen MR) is 88.3 cm³/mol. The van der Waals surface area contributed by atoms with E-state index in [9.17, 15) is 9.32 Å². The van der Waals surface area contributed by atoms with Gasteiger partial charge in [0.05, 0.1) is 11.6 Å². The number of hydrogen-bond donors (Lipinski definition) is 1. The second kappa shape index (κ2) is 10.3. The highest BCUT2D eigenvalue weighted by molar-refractivity contribution is 7.84. The molecule has 122 valence electrons. The maximum absolute atomic E-state index is 11.0. The molecule has 0 saturated heterocycles. The molecule has 0 aliphatic carbocycles. The van der Waals surface area contributed by atoms with Crippen LogP contribution in [0, 0.1) is 11.3 Å². The van der Waals surface area contributed by atoms with E-state index in [0.29, 0.717) is 23.6 Å². The highest BCUT2D eigenvalue weighted by Gasteiger charge is 2.11. The Balaban J connectivity index is 2.32. The molecule has 0 fully saturated rings. The number of nitriles is 1. The van der Waals surface area contributed by atoms with Gasteiger partial charge in [-0.25, -0.2) is 0 Å². The minimum atomic E-state index is -0.765. The summed E-state index contributed by atoms with van der Waals surface area (Å²) in [4.78, 5) is 2.12. The van der Waals surface area contributed by atoms with Crippen molar-refractivity contribution in [1.82, 2.24) is 4.90 Å². The minimum Gasteiger partial charge on any atom is -0.491 e. The van der Waals surface area contributed by atoms with Crippen molar-refractivity contribution >= 4 is 10.8 Å². The van der Waals surface area contributed by atoms with Crippen LogP contribution in [0.3, 0.4) is 0 Å². The summed E-state index contributed by atoms with van der Waals surface area (Å²) >= 11 is 0. The average Bonchev–Trinajstić information content (AvgIpc) is 2.52. The molecule has 1 aromatic carbocycles. The van der Waals surface area contributed by atoms with Crippen molar-refractivity contribution in [3.63, 3.8) is 0 Å². The van der Waals surface area contributed by atoms with Crippen LogP contribution < -0.4 is 4.74 Å². The number of hydrogen-bond acceptors (Lipinski definition) is 5. The molecule has 0 saturated carbocycles. The third-order valence-corrected chi connectivity index (χ3v) is 4.11. The lowest BCUT2D eigenvalue weighted by atomic mass is 10.2. The van der Waals surface area contributed by atoms with Gasteiger partial charge in [0.15, 0.2) is 0 Å². The minimum absolute atomic E-state index is 0.210. The number of nitrogens with zero attached hydrogens (tertiary/aromatic N) is 2. The maximum atomic E-state index is 11.0. The van der Waals surface area contributed by atoms with Gasteiger partial charge < -0.3 is 14.7 Å². The number of aliphatic hydroxyl groups is 1. The second-order valence-corrected chi connectivity index (χ2v) is 6.68. The van der Waals surface area contributed by atoms with Gasteiger partial charge in [0.1, 0.15) is 18.5 Å². The van der Waals surface area contributed by atoms with Crippen molar-refractivity contribution in [2.75, 3.05) is 38.2 Å². The van der Waals surface area contributed by atoms with Crippen molar-refractivity contribution in [3.8, 4) is 11.8 Å². The van der Waals surface area contributed by atoms with Gasteiger partial charge in [-0.1, -0.05) is 6.92 Å². The molecule has 1 aromatic rings. The summed E-state index contributed by atoms with van der Waals surface area (Å²) in [7, 11) is -0.765. The van der Waals surface area contributed by atoms with Crippen LogP contribution >= 0.6 is 0 Å². The topological polar surface area (TPSA) is 73.6 Å². The van der Waals surface area contributed by atoms with Gasteiger partial charge in [-0.05, 0) is 43.8 Å². The molecule has 1 rings (SSSR count). The quantitative estimate of drug-likeness (QED) is 0.704. The zero-order chi connectivity index (χ0) is 16.4. The van der Waals surface area contributed by atoms with E-state index >= 15 is 0 Å². The fourth-order valence-electron chi connectivity index (χ4n) is 2.04. The molecule has 0 aliphatic heterocycles. The number of aliphatic hydroxyl groups excluding tert-OH is 1. The number of likely N-dealkylation sites (N-methyl/N-ethyl adjacent to an activating group) is 1. The monoisotopic (exact) mass is 324 g/mol. The van der Waals surface area contributed by atoms with Crippen molar-refractivity contribution in [3.05, 3.63) is 29.8 Å². The van der Waals surface area contributed by atoms with E-state index in [2.05, 4.69) is 4.90 Å². The van der Waals surface area contributed by atoms with Crippen LogP contribution in [0.25, 0.3) is 0 Å². The van der Waals surface area contributed by atoms with E-state index in [1.807, 2.05) is 13.0 Å². The van der Waals surface area contributed by atoms with Gasteiger partial charge in [-0.3, -0.25) is 4.21 Å². The SMILES string of the molecule is CCN(CCCS(C)=O)CC(O)COc1ccc(C#N)cc1. The van der Waals surface area contributed by atoms with Gasteiger partial charge in [0.2, 0.25) is 0 Å². The summed E-state index contributed by atoms with van der Waals surface area (Å²) in [5.41, 5.74) is 0.582. The van der Waals surface area contributed by atoms with Crippen LogP contribution in [0.15, 0.2) is 24.3 Å². The van der Waals surface area contributed by atoms with Gasteiger partial charge in [0.25, 0.3) is 0 Å². The van der Waals surface area contributed by atoms with Crippen LogP contribution in [0.5, 0.6) is 5.75 Å². The van der Waals surface area contributed by atoms with Crippen molar-refractivity contribution < 1.29 is 14.1 Å². The standard InChI is InChI=1S/C16H24N2O3S/c1-3-18(9-4-10-22(2)20)12-15(19)13-21-16-7-5-14(11-17)6-8-16/h5-8,15,19H,3-4,9-10,12-13H2,1-2H3. The Morgan fingerprint density at radius 3 is 2.64 bits per heavy atom. The third-order valence-electron chi connectivity index (χ3n) is 3.25. The highest BCUT2D eigenvalue weighted by Crippen LogP contribution is 2.12. The Kier molecular flexibility index (Phi) is 8.75. The molecule has 5 nitrogen and oxygen atoms in total. The normalized spacial score (nSPS) is 13.6. The molecule has 6 heteroatoms. The second-order valence-electron chi connectivity index (χ2n) is 5.13. The van der Waals surface area contributed by atoms with Gasteiger partial charge in [-0.2, -0.15) is 5.26 Å². The molecular weight excluding hydrogens is 300 g/mol. The first kappa shape index (κ1) is 18.6. The average molecular weight is 324 g/mol. The zero-order valence-corrected chi connectivity index (χ0v) is 14.0. The molecule has 22 heavy (non-hydrogen) atoms. The summed E-state index contributed by atoms with van der Waals surface area (Å²) in [5, 5.41) is 18.8. The Bertz CT molecular complexity index is 499. The first-order chi connectivity index (χ1) is 10.5. The molecule has 0 bridgehead atoms. The first-order valence-corrected chi connectivity index (χ1v) is 9.11. The summed E-state index contributed by atoms with van der Waals surface area (Å²) in [5.74, 6) is 1.33. The molecule has 2 unspecified atom stereocenters. The smallest absolute Gasteiger partial charge is 0.119 e. The molecule has 1 N–H and O–H groups in total. The Morgan fingerprint density at radius 2 is 2.09 bits per heavy atom. The molecule has 0 spiro atoms. The summed E-state index contributed by atoms with van der Waals surface area (Å²) < 4.78 is 16.6. The van der Waals surface area contributed by atoms with E-state index in [1.165, 1.54) is 0 Å².